The predicted octanol–water partition coefficient (Wildman–Crippen LogP) is 3.71. The highest BCUT2D eigenvalue weighted by Gasteiger charge is 2.08. The molecule has 0 aliphatic carbocycles. The van der Waals surface area contributed by atoms with Gasteiger partial charge in [-0.2, -0.15) is 0 Å². The first-order valence-corrected chi connectivity index (χ1v) is 5.87. The van der Waals surface area contributed by atoms with Crippen molar-refractivity contribution in [2.45, 2.75) is 25.5 Å². The Balaban J connectivity index is 2.61. The molecule has 0 radical (unpaired) electrons. The summed E-state index contributed by atoms with van der Waals surface area (Å²) in [7, 11) is 0. The Hall–Kier alpha value is -0.350. The topological polar surface area (TPSA) is 25.2 Å². The molecule has 0 aliphatic rings. The Labute approximate surface area is 97.5 Å². The van der Waals surface area contributed by atoms with Gasteiger partial charge in [-0.3, -0.25) is 0 Å². The first-order valence-electron chi connectivity index (χ1n) is 4.30. The van der Waals surface area contributed by atoms with Crippen molar-refractivity contribution in [3.05, 3.63) is 28.5 Å². The molecule has 1 aromatic heterocycles. The van der Waals surface area contributed by atoms with Crippen LogP contribution >= 0.6 is 27.9 Å². The summed E-state index contributed by atoms with van der Waals surface area (Å²) in [6.45, 7) is 6.41. The minimum atomic E-state index is 0.167. The summed E-state index contributed by atoms with van der Waals surface area (Å²) < 4.78 is 5.30. The molecule has 1 rings (SSSR count). The second-order valence-corrected chi connectivity index (χ2v) is 6.28. The summed E-state index contributed by atoms with van der Waals surface area (Å²) in [5.41, 5.74) is 1.06. The maximum Gasteiger partial charge on any atom is 0.106 e. The highest BCUT2D eigenvalue weighted by atomic mass is 79.9. The normalized spacial score (nSPS) is 12.3. The standard InChI is InChI=1S/C10H13BrN2S/c1-10(2,3)14-13-7-8-4-5-12-9(11)6-8/h4-7H,1-3H3. The van der Waals surface area contributed by atoms with Gasteiger partial charge in [-0.1, -0.05) is 0 Å². The van der Waals surface area contributed by atoms with E-state index in [-0.39, 0.29) is 4.75 Å². The molecule has 2 nitrogen and oxygen atoms in total. The molecule has 0 saturated carbocycles. The van der Waals surface area contributed by atoms with Crippen LogP contribution in [-0.4, -0.2) is 15.9 Å². The molecule has 1 heterocycles. The fourth-order valence-corrected chi connectivity index (χ4v) is 1.62. The van der Waals surface area contributed by atoms with Gasteiger partial charge >= 0.3 is 0 Å². The van der Waals surface area contributed by atoms with Gasteiger partial charge in [-0.25, -0.2) is 9.38 Å². The fraction of sp³-hybridized carbons (Fsp3) is 0.400. The summed E-state index contributed by atoms with van der Waals surface area (Å²) in [4.78, 5) is 4.04. The van der Waals surface area contributed by atoms with Crippen LogP contribution in [0.4, 0.5) is 0 Å². The Morgan fingerprint density at radius 1 is 1.50 bits per heavy atom. The van der Waals surface area contributed by atoms with E-state index in [1.165, 1.54) is 0 Å². The predicted molar refractivity (Wildman–Crippen MR) is 66.9 cm³/mol. The molecule has 76 valence electrons. The van der Waals surface area contributed by atoms with Crippen LogP contribution in [0.3, 0.4) is 0 Å². The van der Waals surface area contributed by atoms with E-state index in [0.717, 1.165) is 10.2 Å². The van der Waals surface area contributed by atoms with E-state index in [1.54, 1.807) is 18.1 Å². The number of hydrogen-bond acceptors (Lipinski definition) is 3. The monoisotopic (exact) mass is 272 g/mol. The third-order valence-corrected chi connectivity index (χ3v) is 2.47. The molecule has 1 aromatic rings. The van der Waals surface area contributed by atoms with E-state index >= 15 is 0 Å². The maximum absolute atomic E-state index is 4.30. The molecule has 0 atom stereocenters. The molecule has 4 heteroatoms. The average Bonchev–Trinajstić information content (AvgIpc) is 2.01. The van der Waals surface area contributed by atoms with Crippen molar-refractivity contribution in [3.8, 4) is 0 Å². The van der Waals surface area contributed by atoms with E-state index in [9.17, 15) is 0 Å². The van der Waals surface area contributed by atoms with Gasteiger partial charge in [0.15, 0.2) is 0 Å². The number of aromatic nitrogens is 1. The number of halogens is 1. The van der Waals surface area contributed by atoms with Crippen LogP contribution in [0.25, 0.3) is 0 Å². The second kappa shape index (κ2) is 4.94. The highest BCUT2D eigenvalue weighted by molar-refractivity contribution is 9.10. The van der Waals surface area contributed by atoms with Crippen LogP contribution in [0, 0.1) is 0 Å². The van der Waals surface area contributed by atoms with E-state index in [0.29, 0.717) is 0 Å². The molecule has 0 fully saturated rings. The van der Waals surface area contributed by atoms with Crippen LogP contribution in [0.2, 0.25) is 0 Å². The van der Waals surface area contributed by atoms with Crippen molar-refractivity contribution in [1.82, 2.24) is 4.98 Å². The largest absolute Gasteiger partial charge is 0.249 e. The highest BCUT2D eigenvalue weighted by Crippen LogP contribution is 2.23. The lowest BCUT2D eigenvalue weighted by Gasteiger charge is -2.11. The molecule has 0 N–H and O–H groups in total. The minimum absolute atomic E-state index is 0.167. The van der Waals surface area contributed by atoms with Crippen LogP contribution < -0.4 is 0 Å². The zero-order valence-corrected chi connectivity index (χ0v) is 10.9. The van der Waals surface area contributed by atoms with Gasteiger partial charge in [-0.05, 0) is 66.3 Å². The lowest BCUT2D eigenvalue weighted by molar-refractivity contribution is 0.804. The van der Waals surface area contributed by atoms with Crippen molar-refractivity contribution in [3.63, 3.8) is 0 Å². The van der Waals surface area contributed by atoms with Gasteiger partial charge < -0.3 is 0 Å². The smallest absolute Gasteiger partial charge is 0.106 e. The van der Waals surface area contributed by atoms with Crippen LogP contribution in [0.15, 0.2) is 27.3 Å². The third-order valence-electron chi connectivity index (χ3n) is 1.28. The number of hydrogen-bond donors (Lipinski definition) is 0. The zero-order chi connectivity index (χ0) is 10.6. The van der Waals surface area contributed by atoms with Crippen LogP contribution in [0.1, 0.15) is 26.3 Å². The summed E-state index contributed by atoms with van der Waals surface area (Å²) in [5.74, 6) is 0. The van der Waals surface area contributed by atoms with Crippen molar-refractivity contribution in [1.29, 1.82) is 0 Å². The summed E-state index contributed by atoms with van der Waals surface area (Å²) in [5, 5.41) is 0. The van der Waals surface area contributed by atoms with Crippen molar-refractivity contribution < 1.29 is 0 Å². The molecule has 0 spiro atoms. The second-order valence-electron chi connectivity index (χ2n) is 3.85. The fourth-order valence-electron chi connectivity index (χ4n) is 0.743. The molecular weight excluding hydrogens is 260 g/mol. The van der Waals surface area contributed by atoms with Gasteiger partial charge in [0.1, 0.15) is 4.60 Å². The Morgan fingerprint density at radius 3 is 2.79 bits per heavy atom. The number of pyridine rings is 1. The van der Waals surface area contributed by atoms with Gasteiger partial charge in [0, 0.05) is 17.2 Å². The molecular formula is C10H13BrN2S. The first-order chi connectivity index (χ1) is 6.47. The maximum atomic E-state index is 4.30. The Bertz CT molecular complexity index is 331. The molecule has 0 aromatic carbocycles. The summed E-state index contributed by atoms with van der Waals surface area (Å²) in [6.07, 6.45) is 3.61. The van der Waals surface area contributed by atoms with Gasteiger partial charge in [0.05, 0.1) is 0 Å². The lowest BCUT2D eigenvalue weighted by Crippen LogP contribution is -2.04. The molecule has 0 bridgehead atoms. The third kappa shape index (κ3) is 4.77. The number of rotatable bonds is 2. The van der Waals surface area contributed by atoms with Crippen LogP contribution in [0.5, 0.6) is 0 Å². The first kappa shape index (κ1) is 11.7. The molecule has 0 unspecified atom stereocenters. The minimum Gasteiger partial charge on any atom is -0.249 e. The Morgan fingerprint density at radius 2 is 2.21 bits per heavy atom. The number of nitrogens with zero attached hydrogens (tertiary/aromatic N) is 2. The molecule has 0 saturated heterocycles. The molecule has 14 heavy (non-hydrogen) atoms. The summed E-state index contributed by atoms with van der Waals surface area (Å²) >= 11 is 4.88. The Kier molecular flexibility index (Phi) is 4.13. The quantitative estimate of drug-likeness (QED) is 0.466. The lowest BCUT2D eigenvalue weighted by atomic mass is 10.3. The molecule has 0 aliphatic heterocycles. The van der Waals surface area contributed by atoms with Crippen LogP contribution in [-0.2, 0) is 0 Å². The van der Waals surface area contributed by atoms with Gasteiger partial charge in [0.25, 0.3) is 0 Å². The zero-order valence-electron chi connectivity index (χ0n) is 8.49. The average molecular weight is 273 g/mol. The van der Waals surface area contributed by atoms with E-state index in [1.807, 2.05) is 18.3 Å². The van der Waals surface area contributed by atoms with Crippen molar-refractivity contribution in [2.24, 2.45) is 4.40 Å². The van der Waals surface area contributed by atoms with Gasteiger partial charge in [-0.15, -0.1) is 0 Å². The van der Waals surface area contributed by atoms with Crippen molar-refractivity contribution in [2.75, 3.05) is 0 Å². The van der Waals surface area contributed by atoms with E-state index in [2.05, 4.69) is 46.1 Å². The van der Waals surface area contributed by atoms with E-state index in [4.69, 9.17) is 0 Å². The SMILES string of the molecule is CC(C)(C)SN=Cc1ccnc(Br)c1. The summed E-state index contributed by atoms with van der Waals surface area (Å²) in [6, 6.07) is 3.87. The molecule has 0 amide bonds. The van der Waals surface area contributed by atoms with E-state index < -0.39 is 0 Å². The van der Waals surface area contributed by atoms with Crippen molar-refractivity contribution >= 4 is 34.1 Å². The van der Waals surface area contributed by atoms with Gasteiger partial charge in [0.2, 0.25) is 0 Å².